The Kier molecular flexibility index (Phi) is 4.81. The van der Waals surface area contributed by atoms with Crippen molar-refractivity contribution in [2.45, 2.75) is 6.92 Å². The first-order valence-electron chi connectivity index (χ1n) is 6.46. The van der Waals surface area contributed by atoms with Crippen molar-refractivity contribution in [1.29, 1.82) is 0 Å². The number of aryl methyl sites for hydroxylation is 1. The maximum Gasteiger partial charge on any atom is 0.251 e. The van der Waals surface area contributed by atoms with Crippen molar-refractivity contribution in [3.8, 4) is 0 Å². The molecule has 0 radical (unpaired) electrons. The summed E-state index contributed by atoms with van der Waals surface area (Å²) < 4.78 is 26.0. The zero-order valence-electron chi connectivity index (χ0n) is 11.5. The lowest BCUT2D eigenvalue weighted by Crippen LogP contribution is -2.29. The highest BCUT2D eigenvalue weighted by Crippen LogP contribution is 2.10. The van der Waals surface area contributed by atoms with Crippen molar-refractivity contribution in [3.05, 3.63) is 59.3 Å². The summed E-state index contributed by atoms with van der Waals surface area (Å²) in [6.45, 7) is 2.52. The van der Waals surface area contributed by atoms with E-state index in [1.807, 2.05) is 19.1 Å². The largest absolute Gasteiger partial charge is 0.366 e. The molecule has 0 fully saturated rings. The summed E-state index contributed by atoms with van der Waals surface area (Å²) in [5, 5.41) is 5.38. The number of pyridine rings is 1. The zero-order chi connectivity index (χ0) is 15.2. The first-order valence-corrected chi connectivity index (χ1v) is 6.46. The maximum atomic E-state index is 13.3. The van der Waals surface area contributed by atoms with Gasteiger partial charge >= 0.3 is 0 Å². The highest BCUT2D eigenvalue weighted by Gasteiger charge is 2.06. The molecule has 4 nitrogen and oxygen atoms in total. The third-order valence-corrected chi connectivity index (χ3v) is 2.82. The van der Waals surface area contributed by atoms with E-state index in [0.29, 0.717) is 12.1 Å². The van der Waals surface area contributed by atoms with Crippen molar-refractivity contribution >= 4 is 11.7 Å². The third-order valence-electron chi connectivity index (χ3n) is 2.82. The van der Waals surface area contributed by atoms with Crippen molar-refractivity contribution in [2.24, 2.45) is 0 Å². The molecule has 21 heavy (non-hydrogen) atoms. The van der Waals surface area contributed by atoms with Gasteiger partial charge in [0.2, 0.25) is 0 Å². The molecule has 1 heterocycles. The predicted octanol–water partition coefficient (Wildman–Crippen LogP) is 2.51. The number of aromatic nitrogens is 1. The van der Waals surface area contributed by atoms with Crippen LogP contribution in [0, 0.1) is 18.6 Å². The smallest absolute Gasteiger partial charge is 0.251 e. The molecule has 0 aliphatic heterocycles. The van der Waals surface area contributed by atoms with E-state index in [0.717, 1.165) is 17.8 Å². The number of carbonyl (C=O) groups excluding carboxylic acids is 1. The Hall–Kier alpha value is -2.50. The van der Waals surface area contributed by atoms with Crippen LogP contribution in [-0.2, 0) is 0 Å². The standard InChI is InChI=1S/C15H15F2N3O/c1-10-2-4-11(5-3-10)15(21)19-7-6-18-14-13(17)8-12(16)9-20-14/h2-5,8-9H,6-7H2,1H3,(H,18,20)(H,19,21). The van der Waals surface area contributed by atoms with Gasteiger partial charge in [-0.25, -0.2) is 13.8 Å². The fourth-order valence-electron chi connectivity index (χ4n) is 1.71. The quantitative estimate of drug-likeness (QED) is 0.832. The zero-order valence-corrected chi connectivity index (χ0v) is 11.5. The van der Waals surface area contributed by atoms with Gasteiger partial charge in [0.15, 0.2) is 11.6 Å². The first kappa shape index (κ1) is 14.9. The molecule has 0 spiro atoms. The van der Waals surface area contributed by atoms with E-state index in [1.54, 1.807) is 12.1 Å². The Bertz CT molecular complexity index is 629. The molecule has 0 aliphatic carbocycles. The van der Waals surface area contributed by atoms with Gasteiger partial charge < -0.3 is 10.6 Å². The van der Waals surface area contributed by atoms with Gasteiger partial charge in [0.05, 0.1) is 6.20 Å². The van der Waals surface area contributed by atoms with Crippen LogP contribution in [0.2, 0.25) is 0 Å². The molecule has 0 saturated heterocycles. The molecule has 0 unspecified atom stereocenters. The van der Waals surface area contributed by atoms with Crippen molar-refractivity contribution in [3.63, 3.8) is 0 Å². The number of nitrogens with zero attached hydrogens (tertiary/aromatic N) is 1. The fourth-order valence-corrected chi connectivity index (χ4v) is 1.71. The molecule has 0 atom stereocenters. The molecule has 1 amide bonds. The average Bonchev–Trinajstić information content (AvgIpc) is 2.46. The summed E-state index contributed by atoms with van der Waals surface area (Å²) in [5.41, 5.74) is 1.64. The van der Waals surface area contributed by atoms with Crippen molar-refractivity contribution < 1.29 is 13.6 Å². The summed E-state index contributed by atoms with van der Waals surface area (Å²) >= 11 is 0. The number of halogens is 2. The van der Waals surface area contributed by atoms with Gasteiger partial charge in [0.25, 0.3) is 5.91 Å². The number of hydrogen-bond acceptors (Lipinski definition) is 3. The lowest BCUT2D eigenvalue weighted by Gasteiger charge is -2.08. The van der Waals surface area contributed by atoms with Crippen LogP contribution in [0.5, 0.6) is 0 Å². The molecule has 0 saturated carbocycles. The molecule has 110 valence electrons. The summed E-state index contributed by atoms with van der Waals surface area (Å²) in [4.78, 5) is 15.4. The summed E-state index contributed by atoms with van der Waals surface area (Å²) in [6.07, 6.45) is 0.927. The van der Waals surface area contributed by atoms with Gasteiger partial charge in [-0.2, -0.15) is 0 Å². The van der Waals surface area contributed by atoms with Gasteiger partial charge in [0.1, 0.15) is 5.82 Å². The highest BCUT2D eigenvalue weighted by molar-refractivity contribution is 5.94. The van der Waals surface area contributed by atoms with E-state index in [4.69, 9.17) is 0 Å². The topological polar surface area (TPSA) is 54.0 Å². The molecule has 2 N–H and O–H groups in total. The molecule has 2 rings (SSSR count). The minimum absolute atomic E-state index is 0.0408. The minimum Gasteiger partial charge on any atom is -0.366 e. The Morgan fingerprint density at radius 2 is 1.90 bits per heavy atom. The SMILES string of the molecule is Cc1ccc(C(=O)NCCNc2ncc(F)cc2F)cc1. The van der Waals surface area contributed by atoms with Crippen molar-refractivity contribution in [1.82, 2.24) is 10.3 Å². The Labute approximate surface area is 121 Å². The Balaban J connectivity index is 1.79. The van der Waals surface area contributed by atoms with Crippen LogP contribution >= 0.6 is 0 Å². The monoisotopic (exact) mass is 291 g/mol. The molecule has 0 bridgehead atoms. The van der Waals surface area contributed by atoms with Gasteiger partial charge in [-0.3, -0.25) is 4.79 Å². The number of anilines is 1. The summed E-state index contributed by atoms with van der Waals surface area (Å²) in [6, 6.07) is 7.93. The predicted molar refractivity (Wildman–Crippen MR) is 76.2 cm³/mol. The van der Waals surface area contributed by atoms with Crippen LogP contribution in [0.15, 0.2) is 36.5 Å². The van der Waals surface area contributed by atoms with Crippen molar-refractivity contribution in [2.75, 3.05) is 18.4 Å². The van der Waals surface area contributed by atoms with Gasteiger partial charge in [0, 0.05) is 24.7 Å². The fraction of sp³-hybridized carbons (Fsp3) is 0.200. The van der Waals surface area contributed by atoms with Gasteiger partial charge in [-0.05, 0) is 19.1 Å². The van der Waals surface area contributed by atoms with Gasteiger partial charge in [-0.1, -0.05) is 17.7 Å². The third kappa shape index (κ3) is 4.24. The molecule has 1 aromatic heterocycles. The second-order valence-electron chi connectivity index (χ2n) is 4.53. The Morgan fingerprint density at radius 3 is 2.57 bits per heavy atom. The number of hydrogen-bond donors (Lipinski definition) is 2. The Morgan fingerprint density at radius 1 is 1.19 bits per heavy atom. The lowest BCUT2D eigenvalue weighted by molar-refractivity contribution is 0.0955. The van der Waals surface area contributed by atoms with E-state index in [1.165, 1.54) is 0 Å². The highest BCUT2D eigenvalue weighted by atomic mass is 19.1. The molecule has 6 heteroatoms. The molecule has 2 aromatic rings. The number of rotatable bonds is 5. The van der Waals surface area contributed by atoms with E-state index in [-0.39, 0.29) is 18.3 Å². The van der Waals surface area contributed by atoms with Crippen LogP contribution < -0.4 is 10.6 Å². The maximum absolute atomic E-state index is 13.3. The second kappa shape index (κ2) is 6.78. The molecule has 1 aromatic carbocycles. The van der Waals surface area contributed by atoms with E-state index in [2.05, 4.69) is 15.6 Å². The van der Waals surface area contributed by atoms with E-state index < -0.39 is 11.6 Å². The van der Waals surface area contributed by atoms with Crippen LogP contribution in [0.25, 0.3) is 0 Å². The number of benzene rings is 1. The molecular weight excluding hydrogens is 276 g/mol. The molecule has 0 aliphatic rings. The second-order valence-corrected chi connectivity index (χ2v) is 4.53. The molecular formula is C15H15F2N3O. The van der Waals surface area contributed by atoms with Crippen LogP contribution in [-0.4, -0.2) is 24.0 Å². The average molecular weight is 291 g/mol. The number of nitrogens with one attached hydrogen (secondary N) is 2. The van der Waals surface area contributed by atoms with Crippen LogP contribution in [0.4, 0.5) is 14.6 Å². The lowest BCUT2D eigenvalue weighted by atomic mass is 10.1. The minimum atomic E-state index is -0.764. The van der Waals surface area contributed by atoms with Gasteiger partial charge in [-0.15, -0.1) is 0 Å². The van der Waals surface area contributed by atoms with Crippen LogP contribution in [0.1, 0.15) is 15.9 Å². The summed E-state index contributed by atoms with van der Waals surface area (Å²) in [7, 11) is 0. The van der Waals surface area contributed by atoms with E-state index in [9.17, 15) is 13.6 Å². The normalized spacial score (nSPS) is 10.2. The van der Waals surface area contributed by atoms with E-state index >= 15 is 0 Å². The van der Waals surface area contributed by atoms with Crippen LogP contribution in [0.3, 0.4) is 0 Å². The first-order chi connectivity index (χ1) is 10.1. The summed E-state index contributed by atoms with van der Waals surface area (Å²) in [5.74, 6) is -1.74. The number of amides is 1. The number of carbonyl (C=O) groups is 1.